The fraction of sp³-hybridized carbons (Fsp3) is 0.240. The van der Waals surface area contributed by atoms with Crippen molar-refractivity contribution in [3.63, 3.8) is 0 Å². The van der Waals surface area contributed by atoms with Crippen molar-refractivity contribution in [1.82, 2.24) is 4.57 Å². The average molecular weight is 448 g/mol. The summed E-state index contributed by atoms with van der Waals surface area (Å²) in [6, 6.07) is 13.5. The Labute approximate surface area is 191 Å². The minimum Gasteiger partial charge on any atom is -0.444 e. The molecule has 0 saturated heterocycles. The predicted molar refractivity (Wildman–Crippen MR) is 126 cm³/mol. The number of nitrogens with zero attached hydrogens (tertiary/aromatic N) is 2. The molecule has 3 rings (SSSR count). The molecule has 0 saturated carbocycles. The second-order valence-corrected chi connectivity index (χ2v) is 8.34. The van der Waals surface area contributed by atoms with E-state index in [0.29, 0.717) is 13.0 Å². The maximum absolute atomic E-state index is 13.8. The summed E-state index contributed by atoms with van der Waals surface area (Å²) in [5.41, 5.74) is 1.38. The highest BCUT2D eigenvalue weighted by Gasteiger charge is 2.18. The van der Waals surface area contributed by atoms with Gasteiger partial charge in [0.15, 0.2) is 0 Å². The summed E-state index contributed by atoms with van der Waals surface area (Å²) >= 11 is 0. The van der Waals surface area contributed by atoms with Crippen LogP contribution in [-0.2, 0) is 16.1 Å². The van der Waals surface area contributed by atoms with Crippen LogP contribution in [0.15, 0.2) is 54.7 Å². The predicted octanol–water partition coefficient (Wildman–Crippen LogP) is 5.69. The lowest BCUT2D eigenvalue weighted by Crippen LogP contribution is -2.27. The van der Waals surface area contributed by atoms with Crippen molar-refractivity contribution in [3.8, 4) is 6.07 Å². The molecule has 0 aliphatic carbocycles. The number of aromatic nitrogens is 1. The molecular formula is C25H25FN4O3. The normalized spacial score (nSPS) is 11.4. The van der Waals surface area contributed by atoms with Gasteiger partial charge < -0.3 is 14.6 Å². The van der Waals surface area contributed by atoms with Gasteiger partial charge in [0.2, 0.25) is 5.91 Å². The number of ether oxygens (including phenoxy) is 1. The maximum atomic E-state index is 13.8. The number of hydrogen-bond acceptors (Lipinski definition) is 4. The van der Waals surface area contributed by atoms with Gasteiger partial charge >= 0.3 is 6.09 Å². The van der Waals surface area contributed by atoms with Crippen LogP contribution >= 0.6 is 0 Å². The van der Waals surface area contributed by atoms with Crippen molar-refractivity contribution < 1.29 is 18.7 Å². The Morgan fingerprint density at radius 2 is 1.91 bits per heavy atom. The molecule has 170 valence electrons. The third-order valence-electron chi connectivity index (χ3n) is 4.57. The molecule has 1 heterocycles. The molecule has 0 fully saturated rings. The number of anilines is 2. The van der Waals surface area contributed by atoms with E-state index in [1.807, 2.05) is 35.0 Å². The molecule has 0 atom stereocenters. The first kappa shape index (κ1) is 23.5. The van der Waals surface area contributed by atoms with Crippen molar-refractivity contribution >= 4 is 40.4 Å². The molecule has 8 heteroatoms. The van der Waals surface area contributed by atoms with Crippen molar-refractivity contribution in [2.75, 3.05) is 10.6 Å². The SMILES string of the molecule is CC(C)(C)OC(=O)Nc1ccc(F)cc1NC(=O)/C=C/c1cn(CCC#N)c2ccccc12. The largest absolute Gasteiger partial charge is 0.444 e. The van der Waals surface area contributed by atoms with E-state index in [4.69, 9.17) is 10.00 Å². The number of benzene rings is 2. The van der Waals surface area contributed by atoms with Gasteiger partial charge in [-0.2, -0.15) is 5.26 Å². The zero-order valence-electron chi connectivity index (χ0n) is 18.7. The van der Waals surface area contributed by atoms with E-state index in [1.165, 1.54) is 18.2 Å². The molecule has 0 bridgehead atoms. The van der Waals surface area contributed by atoms with E-state index in [-0.39, 0.29) is 11.4 Å². The number of nitriles is 1. The molecule has 0 aliphatic heterocycles. The number of carbonyl (C=O) groups is 2. The van der Waals surface area contributed by atoms with E-state index < -0.39 is 23.4 Å². The molecule has 0 radical (unpaired) electrons. The quantitative estimate of drug-likeness (QED) is 0.473. The summed E-state index contributed by atoms with van der Waals surface area (Å²) in [5.74, 6) is -1.06. The van der Waals surface area contributed by atoms with Crippen molar-refractivity contribution in [2.45, 2.75) is 39.3 Å². The second-order valence-electron chi connectivity index (χ2n) is 8.34. The van der Waals surface area contributed by atoms with Gasteiger partial charge in [0.05, 0.1) is 23.9 Å². The van der Waals surface area contributed by atoms with Crippen LogP contribution < -0.4 is 10.6 Å². The van der Waals surface area contributed by atoms with Gasteiger partial charge in [-0.05, 0) is 51.1 Å². The van der Waals surface area contributed by atoms with Gasteiger partial charge in [0.1, 0.15) is 11.4 Å². The first-order valence-corrected chi connectivity index (χ1v) is 10.4. The molecule has 2 aromatic carbocycles. The molecule has 7 nitrogen and oxygen atoms in total. The number of nitrogens with one attached hydrogen (secondary N) is 2. The lowest BCUT2D eigenvalue weighted by molar-refractivity contribution is -0.111. The summed E-state index contributed by atoms with van der Waals surface area (Å²) in [7, 11) is 0. The summed E-state index contributed by atoms with van der Waals surface area (Å²) in [6.07, 6.45) is 4.52. The summed E-state index contributed by atoms with van der Waals surface area (Å²) < 4.78 is 21.0. The monoisotopic (exact) mass is 448 g/mol. The average Bonchev–Trinajstić information content (AvgIpc) is 3.09. The van der Waals surface area contributed by atoms with Crippen LogP contribution in [0.4, 0.5) is 20.6 Å². The summed E-state index contributed by atoms with van der Waals surface area (Å²) in [4.78, 5) is 24.7. The molecule has 2 amide bonds. The van der Waals surface area contributed by atoms with E-state index >= 15 is 0 Å². The second kappa shape index (κ2) is 10.0. The number of halogens is 1. The smallest absolute Gasteiger partial charge is 0.412 e. The van der Waals surface area contributed by atoms with Gasteiger partial charge in [-0.3, -0.25) is 10.1 Å². The van der Waals surface area contributed by atoms with Gasteiger partial charge in [0, 0.05) is 35.3 Å². The summed E-state index contributed by atoms with van der Waals surface area (Å²) in [5, 5.41) is 14.9. The molecule has 33 heavy (non-hydrogen) atoms. The molecule has 0 aliphatic rings. The highest BCUT2D eigenvalue weighted by molar-refractivity contribution is 6.06. The van der Waals surface area contributed by atoms with Gasteiger partial charge in [-0.1, -0.05) is 18.2 Å². The van der Waals surface area contributed by atoms with Gasteiger partial charge in [-0.25, -0.2) is 9.18 Å². The standard InChI is InChI=1S/C25H25FN4O3/c1-25(2,3)33-24(32)29-20-11-10-18(26)15-21(20)28-23(31)12-9-17-16-30(14-6-13-27)22-8-5-4-7-19(17)22/h4-5,7-12,15-16H,6,14H2,1-3H3,(H,28,31)(H,29,32)/b12-9+. The van der Waals surface area contributed by atoms with E-state index in [2.05, 4.69) is 16.7 Å². The third kappa shape index (κ3) is 6.43. The number of rotatable bonds is 6. The van der Waals surface area contributed by atoms with E-state index in [9.17, 15) is 14.0 Å². The summed E-state index contributed by atoms with van der Waals surface area (Å²) in [6.45, 7) is 5.71. The number of para-hydroxylation sites is 1. The molecule has 3 aromatic rings. The maximum Gasteiger partial charge on any atom is 0.412 e. The molecular weight excluding hydrogens is 423 g/mol. The van der Waals surface area contributed by atoms with E-state index in [0.717, 1.165) is 22.5 Å². The van der Waals surface area contributed by atoms with Crippen LogP contribution in [0.25, 0.3) is 17.0 Å². The molecule has 2 N–H and O–H groups in total. The highest BCUT2D eigenvalue weighted by Crippen LogP contribution is 2.25. The fourth-order valence-electron chi connectivity index (χ4n) is 3.25. The Morgan fingerprint density at radius 3 is 2.64 bits per heavy atom. The third-order valence-corrected chi connectivity index (χ3v) is 4.57. The Bertz CT molecular complexity index is 1250. The highest BCUT2D eigenvalue weighted by atomic mass is 19.1. The van der Waals surface area contributed by atoms with Crippen LogP contribution in [0.1, 0.15) is 32.8 Å². The van der Waals surface area contributed by atoms with Crippen LogP contribution in [0.3, 0.4) is 0 Å². The zero-order valence-corrected chi connectivity index (χ0v) is 18.7. The lowest BCUT2D eigenvalue weighted by Gasteiger charge is -2.20. The van der Waals surface area contributed by atoms with Gasteiger partial charge in [0.25, 0.3) is 0 Å². The minimum atomic E-state index is -0.717. The van der Waals surface area contributed by atoms with E-state index in [1.54, 1.807) is 26.8 Å². The Hall–Kier alpha value is -4.12. The Kier molecular flexibility index (Phi) is 7.13. The van der Waals surface area contributed by atoms with Gasteiger partial charge in [-0.15, -0.1) is 0 Å². The van der Waals surface area contributed by atoms with Crippen molar-refractivity contribution in [2.24, 2.45) is 0 Å². The van der Waals surface area contributed by atoms with Crippen molar-refractivity contribution in [1.29, 1.82) is 5.26 Å². The number of carbonyl (C=O) groups excluding carboxylic acids is 2. The topological polar surface area (TPSA) is 96.2 Å². The first-order chi connectivity index (χ1) is 15.7. The van der Waals surface area contributed by atoms with Crippen LogP contribution in [0.5, 0.6) is 0 Å². The minimum absolute atomic E-state index is 0.104. The Morgan fingerprint density at radius 1 is 1.15 bits per heavy atom. The van der Waals surface area contributed by atoms with Crippen LogP contribution in [0, 0.1) is 17.1 Å². The number of aryl methyl sites for hydroxylation is 1. The number of hydrogen-bond donors (Lipinski definition) is 2. The zero-order chi connectivity index (χ0) is 24.0. The molecule has 1 aromatic heterocycles. The fourth-order valence-corrected chi connectivity index (χ4v) is 3.25. The van der Waals surface area contributed by atoms with Crippen molar-refractivity contribution in [3.05, 3.63) is 66.1 Å². The number of amides is 2. The number of fused-ring (bicyclic) bond motifs is 1. The van der Waals surface area contributed by atoms with Crippen LogP contribution in [-0.4, -0.2) is 22.2 Å². The first-order valence-electron chi connectivity index (χ1n) is 10.4. The Balaban J connectivity index is 1.78. The molecule has 0 unspecified atom stereocenters. The molecule has 0 spiro atoms. The lowest BCUT2D eigenvalue weighted by atomic mass is 10.1. The van der Waals surface area contributed by atoms with Crippen LogP contribution in [0.2, 0.25) is 0 Å².